The third kappa shape index (κ3) is 1.44. The Kier molecular flexibility index (Phi) is 2.28. The summed E-state index contributed by atoms with van der Waals surface area (Å²) in [6.45, 7) is 1.55. The van der Waals surface area contributed by atoms with Crippen LogP contribution in [0.5, 0.6) is 0 Å². The molecule has 2 rings (SSSR count). The Morgan fingerprint density at radius 1 is 1.50 bits per heavy atom. The summed E-state index contributed by atoms with van der Waals surface area (Å²) in [7, 11) is 0. The van der Waals surface area contributed by atoms with Gasteiger partial charge in [0.15, 0.2) is 0 Å². The maximum absolute atomic E-state index is 11.9. The van der Waals surface area contributed by atoms with Crippen molar-refractivity contribution in [3.05, 3.63) is 30.1 Å². The maximum Gasteiger partial charge on any atom is 0.134 e. The molecule has 1 aliphatic heterocycles. The van der Waals surface area contributed by atoms with Gasteiger partial charge in [-0.05, 0) is 12.1 Å². The number of nitrogens with zero attached hydrogens (tertiary/aromatic N) is 2. The van der Waals surface area contributed by atoms with Crippen molar-refractivity contribution < 1.29 is 3.89 Å². The summed E-state index contributed by atoms with van der Waals surface area (Å²) in [6, 6.07) is 5.85. The van der Waals surface area contributed by atoms with Crippen LogP contribution in [0, 0.1) is 0 Å². The standard InChI is InChI=1S/C8H9FN2S/c9-12-11-5-7(6-11)8-3-1-2-4-10-8/h1-4,7H,5-6H2. The fraction of sp³-hybridized carbons (Fsp3) is 0.375. The minimum Gasteiger partial charge on any atom is -0.261 e. The molecule has 0 aromatic carbocycles. The van der Waals surface area contributed by atoms with Crippen molar-refractivity contribution in [1.29, 1.82) is 0 Å². The van der Waals surface area contributed by atoms with E-state index >= 15 is 0 Å². The molecule has 0 unspecified atom stereocenters. The van der Waals surface area contributed by atoms with Crippen molar-refractivity contribution in [2.75, 3.05) is 13.1 Å². The topological polar surface area (TPSA) is 16.1 Å². The van der Waals surface area contributed by atoms with Crippen molar-refractivity contribution in [3.8, 4) is 0 Å². The third-order valence-corrected chi connectivity index (χ3v) is 2.55. The molecule has 0 saturated carbocycles. The van der Waals surface area contributed by atoms with Crippen molar-refractivity contribution in [2.45, 2.75) is 5.92 Å². The van der Waals surface area contributed by atoms with Gasteiger partial charge in [0.1, 0.15) is 12.3 Å². The van der Waals surface area contributed by atoms with Crippen LogP contribution in [0.2, 0.25) is 0 Å². The van der Waals surface area contributed by atoms with Gasteiger partial charge in [-0.1, -0.05) is 6.07 Å². The molecule has 1 aromatic rings. The Labute approximate surface area is 75.2 Å². The summed E-state index contributed by atoms with van der Waals surface area (Å²) in [4.78, 5) is 4.21. The molecular weight excluding hydrogens is 175 g/mol. The van der Waals surface area contributed by atoms with E-state index in [1.54, 1.807) is 10.5 Å². The SMILES string of the molecule is FSN1CC(c2ccccn2)C1. The van der Waals surface area contributed by atoms with Crippen molar-refractivity contribution in [2.24, 2.45) is 0 Å². The first-order chi connectivity index (χ1) is 5.90. The molecule has 1 aliphatic rings. The third-order valence-electron chi connectivity index (χ3n) is 2.05. The lowest BCUT2D eigenvalue weighted by Crippen LogP contribution is -2.39. The van der Waals surface area contributed by atoms with Crippen LogP contribution in [0.15, 0.2) is 24.4 Å². The summed E-state index contributed by atoms with van der Waals surface area (Å²) in [5.41, 5.74) is 1.07. The van der Waals surface area contributed by atoms with Crippen LogP contribution < -0.4 is 0 Å². The van der Waals surface area contributed by atoms with Crippen LogP contribution in [0.1, 0.15) is 11.6 Å². The fourth-order valence-electron chi connectivity index (χ4n) is 1.30. The predicted molar refractivity (Wildman–Crippen MR) is 47.3 cm³/mol. The fourth-order valence-corrected chi connectivity index (χ4v) is 1.77. The van der Waals surface area contributed by atoms with Gasteiger partial charge in [0, 0.05) is 30.9 Å². The van der Waals surface area contributed by atoms with Crippen LogP contribution in [0.3, 0.4) is 0 Å². The number of aromatic nitrogens is 1. The molecular formula is C8H9FN2S. The highest BCUT2D eigenvalue weighted by molar-refractivity contribution is 7.91. The first-order valence-corrected chi connectivity index (χ1v) is 4.52. The second kappa shape index (κ2) is 3.41. The van der Waals surface area contributed by atoms with Gasteiger partial charge >= 0.3 is 0 Å². The van der Waals surface area contributed by atoms with E-state index in [1.807, 2.05) is 18.2 Å². The molecule has 2 nitrogen and oxygen atoms in total. The van der Waals surface area contributed by atoms with E-state index in [2.05, 4.69) is 4.98 Å². The molecule has 0 radical (unpaired) electrons. The summed E-state index contributed by atoms with van der Waals surface area (Å²) >= 11 is 0.316. The molecule has 64 valence electrons. The molecule has 2 heterocycles. The van der Waals surface area contributed by atoms with Crippen LogP contribution in [-0.4, -0.2) is 22.4 Å². The quantitative estimate of drug-likeness (QED) is 0.654. The van der Waals surface area contributed by atoms with Crippen molar-refractivity contribution >= 4 is 12.3 Å². The minimum atomic E-state index is 0.316. The average molecular weight is 184 g/mol. The van der Waals surface area contributed by atoms with Crippen LogP contribution in [0.25, 0.3) is 0 Å². The van der Waals surface area contributed by atoms with Crippen molar-refractivity contribution in [3.63, 3.8) is 0 Å². The highest BCUT2D eigenvalue weighted by Gasteiger charge is 2.29. The molecule has 1 saturated heterocycles. The number of pyridine rings is 1. The predicted octanol–water partition coefficient (Wildman–Crippen LogP) is 2.01. The zero-order chi connectivity index (χ0) is 8.39. The Bertz CT molecular complexity index is 248. The molecule has 0 atom stereocenters. The minimum absolute atomic E-state index is 0.316. The van der Waals surface area contributed by atoms with Gasteiger partial charge in [0.05, 0.1) is 0 Å². The lowest BCUT2D eigenvalue weighted by molar-refractivity contribution is 0.280. The molecule has 0 bridgehead atoms. The number of halogens is 1. The number of hydrogen-bond acceptors (Lipinski definition) is 3. The highest BCUT2D eigenvalue weighted by Crippen LogP contribution is 2.30. The van der Waals surface area contributed by atoms with Gasteiger partial charge in [0.25, 0.3) is 0 Å². The first-order valence-electron chi connectivity index (χ1n) is 3.84. The normalized spacial score (nSPS) is 19.1. The summed E-state index contributed by atoms with van der Waals surface area (Å²) in [5, 5.41) is 0. The van der Waals surface area contributed by atoms with Gasteiger partial charge in [-0.25, -0.2) is 4.31 Å². The summed E-state index contributed by atoms with van der Waals surface area (Å²) in [6.07, 6.45) is 1.78. The maximum atomic E-state index is 11.9. The second-order valence-corrected chi connectivity index (χ2v) is 3.52. The molecule has 1 fully saturated rings. The molecule has 0 N–H and O–H groups in total. The van der Waals surface area contributed by atoms with E-state index in [9.17, 15) is 3.89 Å². The highest BCUT2D eigenvalue weighted by atomic mass is 32.2. The van der Waals surface area contributed by atoms with Gasteiger partial charge in [-0.2, -0.15) is 0 Å². The monoisotopic (exact) mass is 184 g/mol. The Morgan fingerprint density at radius 2 is 2.33 bits per heavy atom. The largest absolute Gasteiger partial charge is 0.261 e. The van der Waals surface area contributed by atoms with E-state index in [0.717, 1.165) is 18.8 Å². The van der Waals surface area contributed by atoms with E-state index in [-0.39, 0.29) is 0 Å². The lowest BCUT2D eigenvalue weighted by atomic mass is 9.99. The first kappa shape index (κ1) is 8.01. The van der Waals surface area contributed by atoms with Crippen LogP contribution in [0.4, 0.5) is 3.89 Å². The zero-order valence-corrected chi connectivity index (χ0v) is 7.30. The van der Waals surface area contributed by atoms with Crippen molar-refractivity contribution in [1.82, 2.24) is 9.29 Å². The summed E-state index contributed by atoms with van der Waals surface area (Å²) < 4.78 is 13.6. The second-order valence-electron chi connectivity index (χ2n) is 2.87. The molecule has 0 spiro atoms. The Morgan fingerprint density at radius 3 is 2.92 bits per heavy atom. The molecule has 0 aliphatic carbocycles. The van der Waals surface area contributed by atoms with E-state index in [1.165, 1.54) is 0 Å². The van der Waals surface area contributed by atoms with Gasteiger partial charge in [0.2, 0.25) is 0 Å². The van der Waals surface area contributed by atoms with Gasteiger partial charge < -0.3 is 0 Å². The Balaban J connectivity index is 1.97. The average Bonchev–Trinajstić information content (AvgIpc) is 2.04. The molecule has 0 amide bonds. The Hall–Kier alpha value is -0.610. The van der Waals surface area contributed by atoms with E-state index < -0.39 is 0 Å². The molecule has 4 heteroatoms. The van der Waals surface area contributed by atoms with Crippen LogP contribution >= 0.6 is 12.3 Å². The van der Waals surface area contributed by atoms with E-state index in [4.69, 9.17) is 0 Å². The number of hydrogen-bond donors (Lipinski definition) is 0. The number of rotatable bonds is 2. The van der Waals surface area contributed by atoms with Crippen LogP contribution in [-0.2, 0) is 0 Å². The smallest absolute Gasteiger partial charge is 0.134 e. The molecule has 12 heavy (non-hydrogen) atoms. The van der Waals surface area contributed by atoms with Gasteiger partial charge in [-0.3, -0.25) is 4.98 Å². The molecule has 1 aromatic heterocycles. The summed E-state index contributed by atoms with van der Waals surface area (Å²) in [5.74, 6) is 0.425. The lowest BCUT2D eigenvalue weighted by Gasteiger charge is -2.34. The van der Waals surface area contributed by atoms with E-state index in [0.29, 0.717) is 18.3 Å². The van der Waals surface area contributed by atoms with Gasteiger partial charge in [-0.15, -0.1) is 3.89 Å². The zero-order valence-electron chi connectivity index (χ0n) is 6.48.